The zero-order valence-corrected chi connectivity index (χ0v) is 16.7. The lowest BCUT2D eigenvalue weighted by Crippen LogP contribution is -2.53. The number of rotatable bonds is 8. The maximum Gasteiger partial charge on any atom is 0.118 e. The lowest BCUT2D eigenvalue weighted by atomic mass is 10.0. The fourth-order valence-corrected chi connectivity index (χ4v) is 3.91. The third-order valence-corrected chi connectivity index (χ3v) is 5.24. The smallest absolute Gasteiger partial charge is 0.118 e. The molecule has 0 unspecified atom stereocenters. The van der Waals surface area contributed by atoms with Crippen LogP contribution in [0.15, 0.2) is 30.5 Å². The van der Waals surface area contributed by atoms with Crippen LogP contribution in [0.1, 0.15) is 25.8 Å². The summed E-state index contributed by atoms with van der Waals surface area (Å²) >= 11 is 0. The average Bonchev–Trinajstić information content (AvgIpc) is 3.12. The van der Waals surface area contributed by atoms with Gasteiger partial charge in [0.15, 0.2) is 0 Å². The van der Waals surface area contributed by atoms with Gasteiger partial charge in [0.2, 0.25) is 0 Å². The molecule has 1 atom stereocenters. The highest BCUT2D eigenvalue weighted by molar-refractivity contribution is 5.63. The molecule has 27 heavy (non-hydrogen) atoms. The number of hydrogen-bond acceptors (Lipinski definition) is 5. The lowest BCUT2D eigenvalue weighted by molar-refractivity contribution is 0.0477. The fraction of sp³-hybridized carbons (Fsp3) is 0.571. The molecule has 0 bridgehead atoms. The quantitative estimate of drug-likeness (QED) is 0.746. The van der Waals surface area contributed by atoms with Crippen molar-refractivity contribution >= 4 is 0 Å². The Morgan fingerprint density at radius 3 is 2.70 bits per heavy atom. The van der Waals surface area contributed by atoms with E-state index in [4.69, 9.17) is 4.74 Å². The number of aliphatic hydroxyl groups excluding tert-OH is 1. The predicted molar refractivity (Wildman–Crippen MR) is 108 cm³/mol. The first-order valence-corrected chi connectivity index (χ1v) is 9.84. The minimum atomic E-state index is 0.246. The molecule has 0 saturated carbocycles. The molecule has 6 nitrogen and oxygen atoms in total. The summed E-state index contributed by atoms with van der Waals surface area (Å²) in [4.78, 5) is 5.02. The largest absolute Gasteiger partial charge is 0.497 e. The minimum absolute atomic E-state index is 0.246. The molecule has 3 rings (SSSR count). The van der Waals surface area contributed by atoms with Gasteiger partial charge in [-0.1, -0.05) is 13.8 Å². The van der Waals surface area contributed by atoms with E-state index < -0.39 is 0 Å². The van der Waals surface area contributed by atoms with Gasteiger partial charge in [0.25, 0.3) is 0 Å². The summed E-state index contributed by atoms with van der Waals surface area (Å²) < 4.78 is 5.25. The molecule has 1 aromatic carbocycles. The molecule has 1 aliphatic rings. The van der Waals surface area contributed by atoms with Crippen LogP contribution in [-0.2, 0) is 6.54 Å². The van der Waals surface area contributed by atoms with Crippen molar-refractivity contribution in [1.29, 1.82) is 0 Å². The molecule has 2 heterocycles. The van der Waals surface area contributed by atoms with Crippen LogP contribution in [0.4, 0.5) is 0 Å². The molecule has 1 aliphatic heterocycles. The molecule has 1 aromatic heterocycles. The zero-order chi connectivity index (χ0) is 19.2. The van der Waals surface area contributed by atoms with E-state index in [0.29, 0.717) is 12.0 Å². The summed E-state index contributed by atoms with van der Waals surface area (Å²) in [6, 6.07) is 8.49. The standard InChI is InChI=1S/C21H32N4O2/c1-16(2)13-25-10-9-24(15-19(25)8-11-26)14-18-12-22-23-21(18)17-4-6-20(27-3)7-5-17/h4-7,12,16,19,26H,8-11,13-15H2,1-3H3,(H,22,23)/t19-/m1/s1. The van der Waals surface area contributed by atoms with E-state index in [1.165, 1.54) is 5.56 Å². The molecule has 0 spiro atoms. The number of aromatic nitrogens is 2. The van der Waals surface area contributed by atoms with E-state index in [1.807, 2.05) is 18.3 Å². The molecular weight excluding hydrogens is 340 g/mol. The highest BCUT2D eigenvalue weighted by Crippen LogP contribution is 2.25. The number of H-pyrrole nitrogens is 1. The van der Waals surface area contributed by atoms with Crippen molar-refractivity contribution in [3.8, 4) is 17.0 Å². The number of nitrogens with zero attached hydrogens (tertiary/aromatic N) is 3. The Kier molecular flexibility index (Phi) is 6.88. The van der Waals surface area contributed by atoms with E-state index in [-0.39, 0.29) is 6.61 Å². The first-order valence-electron chi connectivity index (χ1n) is 9.84. The van der Waals surface area contributed by atoms with Crippen LogP contribution in [0.3, 0.4) is 0 Å². The lowest BCUT2D eigenvalue weighted by Gasteiger charge is -2.42. The van der Waals surface area contributed by atoms with Gasteiger partial charge in [0, 0.05) is 56.5 Å². The molecule has 0 amide bonds. The van der Waals surface area contributed by atoms with Crippen LogP contribution in [0.25, 0.3) is 11.3 Å². The van der Waals surface area contributed by atoms with Gasteiger partial charge in [-0.25, -0.2) is 0 Å². The molecule has 0 aliphatic carbocycles. The monoisotopic (exact) mass is 372 g/mol. The normalized spacial score (nSPS) is 18.9. The maximum absolute atomic E-state index is 9.48. The summed E-state index contributed by atoms with van der Waals surface area (Å²) in [5.74, 6) is 1.50. The third kappa shape index (κ3) is 5.09. The van der Waals surface area contributed by atoms with Crippen LogP contribution in [0.5, 0.6) is 5.75 Å². The highest BCUT2D eigenvalue weighted by Gasteiger charge is 2.27. The first-order chi connectivity index (χ1) is 13.1. The van der Waals surface area contributed by atoms with E-state index in [9.17, 15) is 5.11 Å². The molecule has 1 saturated heterocycles. The summed E-state index contributed by atoms with van der Waals surface area (Å²) in [5.41, 5.74) is 3.40. The Balaban J connectivity index is 1.68. The van der Waals surface area contributed by atoms with Gasteiger partial charge < -0.3 is 9.84 Å². The molecule has 1 fully saturated rings. The van der Waals surface area contributed by atoms with Gasteiger partial charge in [0.1, 0.15) is 5.75 Å². The van der Waals surface area contributed by atoms with Crippen LogP contribution in [-0.4, -0.2) is 71.0 Å². The summed E-state index contributed by atoms with van der Waals surface area (Å²) in [6.45, 7) is 9.82. The molecule has 0 radical (unpaired) electrons. The minimum Gasteiger partial charge on any atom is -0.497 e. The number of benzene rings is 1. The summed E-state index contributed by atoms with van der Waals surface area (Å²) in [7, 11) is 1.68. The maximum atomic E-state index is 9.48. The Hall–Kier alpha value is -1.89. The van der Waals surface area contributed by atoms with Crippen molar-refractivity contribution in [2.24, 2.45) is 5.92 Å². The van der Waals surface area contributed by atoms with Crippen LogP contribution < -0.4 is 4.74 Å². The van der Waals surface area contributed by atoms with Crippen molar-refractivity contribution in [2.75, 3.05) is 39.9 Å². The summed E-state index contributed by atoms with van der Waals surface area (Å²) in [5, 5.41) is 16.9. The van der Waals surface area contributed by atoms with Gasteiger partial charge in [0.05, 0.1) is 19.0 Å². The van der Waals surface area contributed by atoms with E-state index >= 15 is 0 Å². The molecule has 6 heteroatoms. The van der Waals surface area contributed by atoms with Gasteiger partial charge in [-0.2, -0.15) is 5.10 Å². The number of piperazine rings is 1. The second kappa shape index (κ2) is 9.35. The Morgan fingerprint density at radius 1 is 1.26 bits per heavy atom. The van der Waals surface area contributed by atoms with Crippen molar-refractivity contribution in [1.82, 2.24) is 20.0 Å². The zero-order valence-electron chi connectivity index (χ0n) is 16.7. The number of aliphatic hydroxyl groups is 1. The topological polar surface area (TPSA) is 64.6 Å². The van der Waals surface area contributed by atoms with Crippen molar-refractivity contribution < 1.29 is 9.84 Å². The highest BCUT2D eigenvalue weighted by atomic mass is 16.5. The Morgan fingerprint density at radius 2 is 2.04 bits per heavy atom. The number of hydrogen-bond donors (Lipinski definition) is 2. The van der Waals surface area contributed by atoms with Gasteiger partial charge in [-0.15, -0.1) is 0 Å². The molecule has 2 N–H and O–H groups in total. The van der Waals surface area contributed by atoms with Gasteiger partial charge >= 0.3 is 0 Å². The third-order valence-electron chi connectivity index (χ3n) is 5.24. The second-order valence-corrected chi connectivity index (χ2v) is 7.79. The molecule has 148 valence electrons. The first kappa shape index (κ1) is 19.9. The van der Waals surface area contributed by atoms with Gasteiger partial charge in [-0.3, -0.25) is 14.9 Å². The number of ether oxygens (including phenoxy) is 1. The number of nitrogens with one attached hydrogen (secondary N) is 1. The van der Waals surface area contributed by atoms with E-state index in [1.54, 1.807) is 7.11 Å². The Bertz CT molecular complexity index is 698. The predicted octanol–water partition coefficient (Wildman–Crippen LogP) is 2.61. The van der Waals surface area contributed by atoms with E-state index in [0.717, 1.165) is 56.2 Å². The van der Waals surface area contributed by atoms with Crippen LogP contribution in [0.2, 0.25) is 0 Å². The molecular formula is C21H32N4O2. The SMILES string of the molecule is COc1ccc(-c2[nH]ncc2CN2CCN(CC(C)C)[C@H](CCO)C2)cc1. The number of aromatic amines is 1. The van der Waals surface area contributed by atoms with Crippen molar-refractivity contribution in [3.05, 3.63) is 36.0 Å². The Labute approximate surface area is 162 Å². The van der Waals surface area contributed by atoms with Crippen LogP contribution >= 0.6 is 0 Å². The van der Waals surface area contributed by atoms with E-state index in [2.05, 4.69) is 46.0 Å². The second-order valence-electron chi connectivity index (χ2n) is 7.79. The number of methoxy groups -OCH3 is 1. The summed E-state index contributed by atoms with van der Waals surface area (Å²) in [6.07, 6.45) is 2.76. The van der Waals surface area contributed by atoms with Crippen molar-refractivity contribution in [3.63, 3.8) is 0 Å². The molecule has 2 aromatic rings. The van der Waals surface area contributed by atoms with Gasteiger partial charge in [-0.05, 0) is 36.6 Å². The fourth-order valence-electron chi connectivity index (χ4n) is 3.91. The average molecular weight is 373 g/mol. The van der Waals surface area contributed by atoms with Crippen molar-refractivity contribution in [2.45, 2.75) is 32.9 Å². The van der Waals surface area contributed by atoms with Crippen LogP contribution in [0, 0.1) is 5.92 Å².